The summed E-state index contributed by atoms with van der Waals surface area (Å²) in [6.07, 6.45) is 0. The standard InChI is InChI=1S/C17H26N4O2/c1-19-6-8-20(9-7-19)14-17(22)18-15-2-4-16(5-3-15)21-10-12-23-13-11-21/h2-5H,6-14H2,1H3,(H,18,22)/p+2. The molecule has 0 radical (unpaired) electrons. The van der Waals surface area contributed by atoms with E-state index in [1.54, 1.807) is 4.90 Å². The molecular formula is C17H28N4O2+2. The molecule has 2 fully saturated rings. The van der Waals surface area contributed by atoms with Crippen molar-refractivity contribution in [2.24, 2.45) is 0 Å². The van der Waals surface area contributed by atoms with Gasteiger partial charge in [0.25, 0.3) is 5.91 Å². The van der Waals surface area contributed by atoms with Crippen LogP contribution in [0.3, 0.4) is 0 Å². The van der Waals surface area contributed by atoms with Gasteiger partial charge in [-0.25, -0.2) is 0 Å². The van der Waals surface area contributed by atoms with Crippen LogP contribution in [0.2, 0.25) is 0 Å². The normalized spacial score (nSPS) is 25.2. The molecule has 3 rings (SSSR count). The summed E-state index contributed by atoms with van der Waals surface area (Å²) in [4.78, 5) is 17.4. The highest BCUT2D eigenvalue weighted by molar-refractivity contribution is 5.91. The first-order valence-corrected chi connectivity index (χ1v) is 8.58. The van der Waals surface area contributed by atoms with E-state index in [1.165, 1.54) is 10.6 Å². The Bertz CT molecular complexity index is 506. The van der Waals surface area contributed by atoms with Crippen LogP contribution in [0.25, 0.3) is 0 Å². The van der Waals surface area contributed by atoms with Crippen LogP contribution in [0, 0.1) is 0 Å². The third kappa shape index (κ3) is 4.67. The van der Waals surface area contributed by atoms with Gasteiger partial charge in [0.2, 0.25) is 0 Å². The summed E-state index contributed by atoms with van der Waals surface area (Å²) in [6.45, 7) is 8.46. The molecule has 0 aliphatic carbocycles. The largest absolute Gasteiger partial charge is 0.378 e. The van der Waals surface area contributed by atoms with Gasteiger partial charge >= 0.3 is 0 Å². The molecule has 2 aliphatic heterocycles. The highest BCUT2D eigenvalue weighted by Gasteiger charge is 2.22. The Morgan fingerprint density at radius 3 is 2.43 bits per heavy atom. The van der Waals surface area contributed by atoms with Crippen molar-refractivity contribution in [3.05, 3.63) is 24.3 Å². The number of amides is 1. The lowest BCUT2D eigenvalue weighted by molar-refractivity contribution is -0.999. The Hall–Kier alpha value is -1.63. The second kappa shape index (κ2) is 7.77. The van der Waals surface area contributed by atoms with Crippen LogP contribution in [0.5, 0.6) is 0 Å². The highest BCUT2D eigenvalue weighted by atomic mass is 16.5. The van der Waals surface area contributed by atoms with E-state index in [-0.39, 0.29) is 5.91 Å². The van der Waals surface area contributed by atoms with Gasteiger partial charge in [-0.2, -0.15) is 0 Å². The molecule has 2 heterocycles. The predicted molar refractivity (Wildman–Crippen MR) is 90.3 cm³/mol. The average Bonchev–Trinajstić information content (AvgIpc) is 2.58. The van der Waals surface area contributed by atoms with E-state index in [0.717, 1.165) is 58.2 Å². The number of piperazine rings is 1. The lowest BCUT2D eigenvalue weighted by atomic mass is 10.2. The molecular weight excluding hydrogens is 292 g/mol. The van der Waals surface area contributed by atoms with Crippen molar-refractivity contribution in [1.82, 2.24) is 0 Å². The van der Waals surface area contributed by atoms with Gasteiger partial charge in [0.05, 0.1) is 20.3 Å². The van der Waals surface area contributed by atoms with Crippen molar-refractivity contribution in [2.75, 3.05) is 76.3 Å². The van der Waals surface area contributed by atoms with E-state index in [2.05, 4.69) is 29.4 Å². The second-order valence-corrected chi connectivity index (χ2v) is 6.58. The Labute approximate surface area is 138 Å². The van der Waals surface area contributed by atoms with Crippen LogP contribution in [0.4, 0.5) is 11.4 Å². The molecule has 23 heavy (non-hydrogen) atoms. The fraction of sp³-hybridized carbons (Fsp3) is 0.588. The van der Waals surface area contributed by atoms with Crippen molar-refractivity contribution in [3.8, 4) is 0 Å². The van der Waals surface area contributed by atoms with Gasteiger partial charge in [-0.3, -0.25) is 4.79 Å². The number of benzene rings is 1. The molecule has 126 valence electrons. The Morgan fingerprint density at radius 1 is 1.13 bits per heavy atom. The molecule has 6 nitrogen and oxygen atoms in total. The fourth-order valence-corrected chi connectivity index (χ4v) is 3.22. The van der Waals surface area contributed by atoms with E-state index >= 15 is 0 Å². The number of ether oxygens (including phenoxy) is 1. The number of carbonyl (C=O) groups is 1. The SMILES string of the molecule is C[NH+]1CC[NH+](CC(=O)Nc2ccc(N3CCOCC3)cc2)CC1. The van der Waals surface area contributed by atoms with Gasteiger partial charge in [0.15, 0.2) is 6.54 Å². The lowest BCUT2D eigenvalue weighted by Crippen LogP contribution is -3.27. The van der Waals surface area contributed by atoms with Crippen LogP contribution in [0.1, 0.15) is 0 Å². The number of nitrogens with one attached hydrogen (secondary N) is 3. The molecule has 1 aromatic rings. The number of morpholine rings is 1. The van der Waals surface area contributed by atoms with Gasteiger partial charge in [-0.05, 0) is 24.3 Å². The Balaban J connectivity index is 1.48. The number of likely N-dealkylation sites (N-methyl/N-ethyl adjacent to an activating group) is 1. The van der Waals surface area contributed by atoms with E-state index in [9.17, 15) is 4.79 Å². The van der Waals surface area contributed by atoms with Crippen molar-refractivity contribution in [2.45, 2.75) is 0 Å². The Morgan fingerprint density at radius 2 is 1.78 bits per heavy atom. The summed E-state index contributed by atoms with van der Waals surface area (Å²) in [5, 5.41) is 3.02. The van der Waals surface area contributed by atoms with Crippen LogP contribution < -0.4 is 20.0 Å². The third-order valence-electron chi connectivity index (χ3n) is 4.75. The number of hydrogen-bond donors (Lipinski definition) is 3. The minimum atomic E-state index is 0.110. The zero-order chi connectivity index (χ0) is 16.1. The number of rotatable bonds is 4. The van der Waals surface area contributed by atoms with Crippen molar-refractivity contribution in [1.29, 1.82) is 0 Å². The molecule has 0 spiro atoms. The van der Waals surface area contributed by atoms with Gasteiger partial charge < -0.3 is 24.8 Å². The summed E-state index contributed by atoms with van der Waals surface area (Å²) in [5.41, 5.74) is 2.07. The van der Waals surface area contributed by atoms with Crippen molar-refractivity contribution < 1.29 is 19.3 Å². The smallest absolute Gasteiger partial charge is 0.279 e. The first kappa shape index (κ1) is 16.2. The first-order valence-electron chi connectivity index (χ1n) is 8.58. The number of nitrogens with zero attached hydrogens (tertiary/aromatic N) is 1. The summed E-state index contributed by atoms with van der Waals surface area (Å²) < 4.78 is 5.37. The molecule has 0 bridgehead atoms. The van der Waals surface area contributed by atoms with Crippen LogP contribution in [0.15, 0.2) is 24.3 Å². The van der Waals surface area contributed by atoms with Crippen LogP contribution in [-0.2, 0) is 9.53 Å². The van der Waals surface area contributed by atoms with E-state index in [0.29, 0.717) is 6.54 Å². The van der Waals surface area contributed by atoms with E-state index in [1.807, 2.05) is 12.1 Å². The third-order valence-corrected chi connectivity index (χ3v) is 4.75. The topological polar surface area (TPSA) is 50.5 Å². The Kier molecular flexibility index (Phi) is 5.48. The number of quaternary nitrogens is 2. The first-order chi connectivity index (χ1) is 11.2. The number of anilines is 2. The summed E-state index contributed by atoms with van der Waals surface area (Å²) in [7, 11) is 2.22. The summed E-state index contributed by atoms with van der Waals surface area (Å²) >= 11 is 0. The van der Waals surface area contributed by atoms with Crippen molar-refractivity contribution >= 4 is 17.3 Å². The van der Waals surface area contributed by atoms with Gasteiger partial charge in [0, 0.05) is 24.5 Å². The highest BCUT2D eigenvalue weighted by Crippen LogP contribution is 2.18. The zero-order valence-corrected chi connectivity index (χ0v) is 13.9. The van der Waals surface area contributed by atoms with Crippen LogP contribution >= 0.6 is 0 Å². The van der Waals surface area contributed by atoms with Gasteiger partial charge in [-0.15, -0.1) is 0 Å². The molecule has 6 heteroatoms. The fourth-order valence-electron chi connectivity index (χ4n) is 3.22. The minimum Gasteiger partial charge on any atom is -0.378 e. The minimum absolute atomic E-state index is 0.110. The molecule has 2 saturated heterocycles. The molecule has 0 unspecified atom stereocenters. The molecule has 1 aromatic carbocycles. The number of carbonyl (C=O) groups excluding carboxylic acids is 1. The zero-order valence-electron chi connectivity index (χ0n) is 13.9. The van der Waals surface area contributed by atoms with Gasteiger partial charge in [0.1, 0.15) is 26.2 Å². The van der Waals surface area contributed by atoms with Gasteiger partial charge in [-0.1, -0.05) is 0 Å². The van der Waals surface area contributed by atoms with E-state index < -0.39 is 0 Å². The second-order valence-electron chi connectivity index (χ2n) is 6.58. The molecule has 0 atom stereocenters. The summed E-state index contributed by atoms with van der Waals surface area (Å²) in [5.74, 6) is 0.110. The quantitative estimate of drug-likeness (QED) is 0.594. The number of hydrogen-bond acceptors (Lipinski definition) is 3. The van der Waals surface area contributed by atoms with Crippen LogP contribution in [-0.4, -0.2) is 72.0 Å². The molecule has 1 amide bonds. The van der Waals surface area contributed by atoms with E-state index in [4.69, 9.17) is 4.74 Å². The molecule has 0 aromatic heterocycles. The maximum Gasteiger partial charge on any atom is 0.279 e. The van der Waals surface area contributed by atoms with Crippen molar-refractivity contribution in [3.63, 3.8) is 0 Å². The molecule has 2 aliphatic rings. The lowest BCUT2D eigenvalue weighted by Gasteiger charge is -2.29. The maximum absolute atomic E-state index is 12.2. The molecule has 3 N–H and O–H groups in total. The predicted octanol–water partition coefficient (Wildman–Crippen LogP) is -2.13. The summed E-state index contributed by atoms with van der Waals surface area (Å²) in [6, 6.07) is 8.14. The molecule has 0 saturated carbocycles. The maximum atomic E-state index is 12.2. The monoisotopic (exact) mass is 320 g/mol. The average molecular weight is 320 g/mol.